The molecule has 27 heavy (non-hydrogen) atoms. The van der Waals surface area contributed by atoms with E-state index in [2.05, 4.69) is 22.1 Å². The molecule has 1 aromatic carbocycles. The van der Waals surface area contributed by atoms with E-state index < -0.39 is 5.60 Å². The quantitative estimate of drug-likeness (QED) is 0.745. The zero-order valence-electron chi connectivity index (χ0n) is 16.0. The molecule has 7 heteroatoms. The number of likely N-dealkylation sites (tertiary alicyclic amines) is 1. The minimum Gasteiger partial charge on any atom is -0.478 e. The molecule has 1 atom stereocenters. The highest BCUT2D eigenvalue weighted by Crippen LogP contribution is 2.24. The van der Waals surface area contributed by atoms with Crippen molar-refractivity contribution < 1.29 is 9.53 Å². The molecular weight excluding hydrogens is 382 g/mol. The molecule has 1 aromatic heterocycles. The van der Waals surface area contributed by atoms with E-state index in [0.29, 0.717) is 15.9 Å². The van der Waals surface area contributed by atoms with Crippen molar-refractivity contribution in [3.8, 4) is 5.75 Å². The number of hydrogen-bond acceptors (Lipinski definition) is 5. The molecule has 0 saturated carbocycles. The first kappa shape index (κ1) is 20.1. The van der Waals surface area contributed by atoms with Gasteiger partial charge in [0.1, 0.15) is 5.75 Å². The molecule has 0 spiro atoms. The van der Waals surface area contributed by atoms with E-state index in [1.165, 1.54) is 24.2 Å². The highest BCUT2D eigenvalue weighted by atomic mass is 35.5. The highest BCUT2D eigenvalue weighted by Gasteiger charge is 2.31. The largest absolute Gasteiger partial charge is 0.478 e. The van der Waals surface area contributed by atoms with Crippen LogP contribution in [0.5, 0.6) is 5.75 Å². The molecule has 0 unspecified atom stereocenters. The fraction of sp³-hybridized carbons (Fsp3) is 0.500. The number of nitrogens with zero attached hydrogens (tertiary/aromatic N) is 2. The lowest BCUT2D eigenvalue weighted by Crippen LogP contribution is -2.42. The van der Waals surface area contributed by atoms with Crippen LogP contribution < -0.4 is 10.1 Å². The predicted octanol–water partition coefficient (Wildman–Crippen LogP) is 4.82. The van der Waals surface area contributed by atoms with Crippen molar-refractivity contribution in [2.24, 2.45) is 5.92 Å². The summed E-state index contributed by atoms with van der Waals surface area (Å²) in [5.74, 6) is 1.10. The number of amides is 1. The Bertz CT molecular complexity index is 776. The van der Waals surface area contributed by atoms with Crippen molar-refractivity contribution in [2.45, 2.75) is 45.8 Å². The van der Waals surface area contributed by atoms with Crippen molar-refractivity contribution in [3.05, 3.63) is 40.4 Å². The van der Waals surface area contributed by atoms with Crippen LogP contribution >= 0.6 is 22.9 Å². The maximum Gasteiger partial charge on any atom is 0.269 e. The lowest BCUT2D eigenvalue weighted by Gasteiger charge is -2.30. The van der Waals surface area contributed by atoms with Gasteiger partial charge >= 0.3 is 0 Å². The SMILES string of the molecule is C[C@H]1CCCN(Cc2csc(NC(=O)C(C)(C)Oc3ccc(Cl)cc3)n2)C1. The lowest BCUT2D eigenvalue weighted by atomic mass is 10.0. The van der Waals surface area contributed by atoms with Crippen LogP contribution in [0.3, 0.4) is 0 Å². The number of nitrogens with one attached hydrogen (secondary N) is 1. The van der Waals surface area contributed by atoms with Crippen LogP contribution in [0.15, 0.2) is 29.6 Å². The van der Waals surface area contributed by atoms with E-state index in [1.54, 1.807) is 38.1 Å². The van der Waals surface area contributed by atoms with Crippen LogP contribution in [0.4, 0.5) is 5.13 Å². The van der Waals surface area contributed by atoms with E-state index in [0.717, 1.165) is 31.2 Å². The number of piperidine rings is 1. The Morgan fingerprint density at radius 3 is 2.85 bits per heavy atom. The van der Waals surface area contributed by atoms with Crippen LogP contribution in [-0.4, -0.2) is 34.5 Å². The Hall–Kier alpha value is -1.63. The Kier molecular flexibility index (Phi) is 6.40. The summed E-state index contributed by atoms with van der Waals surface area (Å²) in [5, 5.41) is 6.13. The number of ether oxygens (including phenoxy) is 1. The van der Waals surface area contributed by atoms with Gasteiger partial charge in [-0.2, -0.15) is 0 Å². The van der Waals surface area contributed by atoms with E-state index in [-0.39, 0.29) is 5.91 Å². The Labute approximate surface area is 169 Å². The number of carbonyl (C=O) groups excluding carboxylic acids is 1. The van der Waals surface area contributed by atoms with Gasteiger partial charge in [0.25, 0.3) is 5.91 Å². The molecular formula is C20H26ClN3O2S. The second-order valence-electron chi connectivity index (χ2n) is 7.65. The predicted molar refractivity (Wildman–Crippen MR) is 111 cm³/mol. The van der Waals surface area contributed by atoms with Crippen LogP contribution in [-0.2, 0) is 11.3 Å². The van der Waals surface area contributed by atoms with Crippen molar-refractivity contribution in [3.63, 3.8) is 0 Å². The normalized spacial score (nSPS) is 18.3. The zero-order valence-corrected chi connectivity index (χ0v) is 17.6. The third kappa shape index (κ3) is 5.67. The van der Waals surface area contributed by atoms with Gasteiger partial charge in [0.05, 0.1) is 5.69 Å². The minimum absolute atomic E-state index is 0.232. The van der Waals surface area contributed by atoms with Gasteiger partial charge in [-0.05, 0) is 63.4 Å². The summed E-state index contributed by atoms with van der Waals surface area (Å²) in [6.45, 7) is 8.83. The van der Waals surface area contributed by atoms with Crippen molar-refractivity contribution in [1.82, 2.24) is 9.88 Å². The maximum atomic E-state index is 12.6. The average molecular weight is 408 g/mol. The molecule has 146 valence electrons. The van der Waals surface area contributed by atoms with Gasteiger partial charge in [0, 0.05) is 23.5 Å². The molecule has 2 aromatic rings. The lowest BCUT2D eigenvalue weighted by molar-refractivity contribution is -0.128. The summed E-state index contributed by atoms with van der Waals surface area (Å²) in [4.78, 5) is 19.6. The molecule has 1 N–H and O–H groups in total. The standard InChI is InChI=1S/C20H26ClN3O2S/c1-14-5-4-10-24(11-14)12-16-13-27-19(22-16)23-18(25)20(2,3)26-17-8-6-15(21)7-9-17/h6-9,13-14H,4-5,10-12H2,1-3H3,(H,22,23,25)/t14-/m0/s1. The van der Waals surface area contributed by atoms with E-state index in [4.69, 9.17) is 16.3 Å². The number of thiazole rings is 1. The van der Waals surface area contributed by atoms with Crippen LogP contribution in [0.1, 0.15) is 39.3 Å². The molecule has 1 amide bonds. The summed E-state index contributed by atoms with van der Waals surface area (Å²) < 4.78 is 5.83. The Balaban J connectivity index is 1.57. The van der Waals surface area contributed by atoms with Gasteiger partial charge in [-0.25, -0.2) is 4.98 Å². The number of benzene rings is 1. The fourth-order valence-corrected chi connectivity index (χ4v) is 4.01. The zero-order chi connectivity index (χ0) is 19.4. The Morgan fingerprint density at radius 2 is 2.15 bits per heavy atom. The third-order valence-corrected chi connectivity index (χ3v) is 5.69. The number of halogens is 1. The average Bonchev–Trinajstić information content (AvgIpc) is 3.03. The summed E-state index contributed by atoms with van der Waals surface area (Å²) in [6, 6.07) is 6.97. The first-order valence-electron chi connectivity index (χ1n) is 9.24. The number of carbonyl (C=O) groups is 1. The van der Waals surface area contributed by atoms with E-state index in [9.17, 15) is 4.79 Å². The second-order valence-corrected chi connectivity index (χ2v) is 8.94. The topological polar surface area (TPSA) is 54.5 Å². The third-order valence-electron chi connectivity index (χ3n) is 4.63. The first-order valence-corrected chi connectivity index (χ1v) is 10.5. The summed E-state index contributed by atoms with van der Waals surface area (Å²) in [6.07, 6.45) is 2.54. The van der Waals surface area contributed by atoms with Gasteiger partial charge < -0.3 is 4.74 Å². The van der Waals surface area contributed by atoms with Crippen LogP contribution in [0.25, 0.3) is 0 Å². The van der Waals surface area contributed by atoms with E-state index >= 15 is 0 Å². The molecule has 5 nitrogen and oxygen atoms in total. The van der Waals surface area contributed by atoms with Gasteiger partial charge in [0.2, 0.25) is 0 Å². The van der Waals surface area contributed by atoms with Gasteiger partial charge in [-0.1, -0.05) is 18.5 Å². The Morgan fingerprint density at radius 1 is 1.41 bits per heavy atom. The number of hydrogen-bond donors (Lipinski definition) is 1. The van der Waals surface area contributed by atoms with Crippen molar-refractivity contribution >= 4 is 34.0 Å². The van der Waals surface area contributed by atoms with Crippen LogP contribution in [0, 0.1) is 5.92 Å². The molecule has 1 saturated heterocycles. The van der Waals surface area contributed by atoms with Crippen molar-refractivity contribution in [2.75, 3.05) is 18.4 Å². The number of anilines is 1. The molecule has 1 aliphatic heterocycles. The molecule has 2 heterocycles. The van der Waals surface area contributed by atoms with Crippen LogP contribution in [0.2, 0.25) is 5.02 Å². The van der Waals surface area contributed by atoms with Gasteiger partial charge in [0.15, 0.2) is 10.7 Å². The van der Waals surface area contributed by atoms with Crippen molar-refractivity contribution in [1.29, 1.82) is 0 Å². The number of rotatable bonds is 6. The number of aromatic nitrogens is 1. The van der Waals surface area contributed by atoms with E-state index in [1.807, 2.05) is 5.38 Å². The fourth-order valence-electron chi connectivity index (χ4n) is 3.19. The summed E-state index contributed by atoms with van der Waals surface area (Å²) >= 11 is 7.34. The highest BCUT2D eigenvalue weighted by molar-refractivity contribution is 7.13. The molecule has 1 fully saturated rings. The summed E-state index contributed by atoms with van der Waals surface area (Å²) in [7, 11) is 0. The van der Waals surface area contributed by atoms with Gasteiger partial charge in [-0.15, -0.1) is 11.3 Å². The van der Waals surface area contributed by atoms with Gasteiger partial charge in [-0.3, -0.25) is 15.0 Å². The smallest absolute Gasteiger partial charge is 0.269 e. The molecule has 0 aliphatic carbocycles. The maximum absolute atomic E-state index is 12.6. The molecule has 0 radical (unpaired) electrons. The molecule has 3 rings (SSSR count). The first-order chi connectivity index (χ1) is 12.8. The summed E-state index contributed by atoms with van der Waals surface area (Å²) in [5.41, 5.74) is -0.0251. The molecule has 0 bridgehead atoms. The monoisotopic (exact) mass is 407 g/mol. The second kappa shape index (κ2) is 8.59. The minimum atomic E-state index is -1.03. The molecule has 1 aliphatic rings.